The third kappa shape index (κ3) is 3.18. The molecule has 4 atom stereocenters. The molecule has 1 heterocycles. The smallest absolute Gasteiger partial charge is 0.135 e. The highest BCUT2D eigenvalue weighted by Gasteiger charge is 2.62. The maximum Gasteiger partial charge on any atom is 0.135 e. The van der Waals surface area contributed by atoms with Crippen LogP contribution in [-0.4, -0.2) is 5.11 Å². The predicted octanol–water partition coefficient (Wildman–Crippen LogP) is 6.84. The molecule has 1 aliphatic heterocycles. The van der Waals surface area contributed by atoms with Crippen LogP contribution in [0.4, 0.5) is 0 Å². The van der Waals surface area contributed by atoms with Crippen molar-refractivity contribution < 1.29 is 9.67 Å². The Bertz CT molecular complexity index is 1210. The number of hydrogen-bond acceptors (Lipinski definition) is 2. The number of aliphatic hydroxyl groups is 1. The third-order valence-corrected chi connectivity index (χ3v) is 11.4. The van der Waals surface area contributed by atoms with E-state index in [0.717, 1.165) is 28.4 Å². The number of aliphatic hydroxyl groups excluding tert-OH is 1. The number of rotatable bonds is 5. The summed E-state index contributed by atoms with van der Waals surface area (Å²) in [6.45, 7) is 0. The maximum absolute atomic E-state index is 15.7. The molecule has 1 fully saturated rings. The van der Waals surface area contributed by atoms with Gasteiger partial charge in [-0.2, -0.15) is 0 Å². The molecule has 0 aromatic heterocycles. The average molecular weight is 439 g/mol. The van der Waals surface area contributed by atoms with Gasteiger partial charge in [-0.15, -0.1) is 0 Å². The van der Waals surface area contributed by atoms with E-state index in [1.54, 1.807) is 0 Å². The molecule has 0 amide bonds. The highest BCUT2D eigenvalue weighted by molar-refractivity contribution is 7.73. The zero-order chi connectivity index (χ0) is 22.0. The minimum atomic E-state index is -3.19. The lowest BCUT2D eigenvalue weighted by atomic mass is 9.84. The summed E-state index contributed by atoms with van der Waals surface area (Å²) >= 11 is 0. The average Bonchev–Trinajstić information content (AvgIpc) is 3.20. The van der Waals surface area contributed by atoms with Crippen molar-refractivity contribution in [1.29, 1.82) is 0 Å². The standard InChI is InChI=1S/C29H27O2P/c30-28(24-15-7-2-8-16-24)29(25-17-9-3-10-18-25)22-21-27(23-13-5-1-6-14-23)32(29,31)26-19-11-4-12-20-26/h1-20,27-28,30H,21-22H2/t27-,28-,29+,32-/m0/s1. The molecular formula is C29H27O2P. The zero-order valence-corrected chi connectivity index (χ0v) is 18.8. The molecule has 0 bridgehead atoms. The third-order valence-electron chi connectivity index (χ3n) is 7.00. The predicted molar refractivity (Wildman–Crippen MR) is 132 cm³/mol. The Balaban J connectivity index is 1.81. The molecule has 0 spiro atoms. The SMILES string of the molecule is O=[P@@]1(c2ccccc2)[C@H](c2ccccc2)CC[C@@]1(c1ccccc1)[C@@H](O)c1ccccc1. The Hall–Kier alpha value is -2.93. The summed E-state index contributed by atoms with van der Waals surface area (Å²) in [7, 11) is -3.19. The van der Waals surface area contributed by atoms with Gasteiger partial charge in [0.05, 0.1) is 11.3 Å². The van der Waals surface area contributed by atoms with E-state index in [1.807, 2.05) is 109 Å². The number of hydrogen-bond donors (Lipinski definition) is 1. The monoisotopic (exact) mass is 438 g/mol. The molecule has 1 N–H and O–H groups in total. The van der Waals surface area contributed by atoms with Crippen LogP contribution in [0, 0.1) is 0 Å². The summed E-state index contributed by atoms with van der Waals surface area (Å²) in [5, 5.41) is 11.9. The van der Waals surface area contributed by atoms with Crippen molar-refractivity contribution in [2.45, 2.75) is 29.8 Å². The van der Waals surface area contributed by atoms with Gasteiger partial charge in [0.2, 0.25) is 0 Å². The van der Waals surface area contributed by atoms with Crippen molar-refractivity contribution in [3.63, 3.8) is 0 Å². The van der Waals surface area contributed by atoms with Gasteiger partial charge in [-0.3, -0.25) is 0 Å². The summed E-state index contributed by atoms with van der Waals surface area (Å²) in [6.07, 6.45) is 0.527. The first-order valence-corrected chi connectivity index (χ1v) is 12.9. The van der Waals surface area contributed by atoms with Gasteiger partial charge in [0.15, 0.2) is 0 Å². The van der Waals surface area contributed by atoms with E-state index in [0.29, 0.717) is 6.42 Å². The second-order valence-corrected chi connectivity index (χ2v) is 11.8. The molecule has 0 radical (unpaired) electrons. The zero-order valence-electron chi connectivity index (χ0n) is 17.9. The maximum atomic E-state index is 15.7. The van der Waals surface area contributed by atoms with Gasteiger partial charge < -0.3 is 9.67 Å². The van der Waals surface area contributed by atoms with Gasteiger partial charge >= 0.3 is 0 Å². The van der Waals surface area contributed by atoms with Crippen molar-refractivity contribution >= 4 is 12.4 Å². The first kappa shape index (κ1) is 20.9. The molecule has 1 aliphatic rings. The van der Waals surface area contributed by atoms with Crippen molar-refractivity contribution in [3.05, 3.63) is 138 Å². The van der Waals surface area contributed by atoms with Crippen LogP contribution in [-0.2, 0) is 9.72 Å². The lowest BCUT2D eigenvalue weighted by Crippen LogP contribution is -2.35. The summed E-state index contributed by atoms with van der Waals surface area (Å²) in [6, 6.07) is 39.8. The quantitative estimate of drug-likeness (QED) is 0.346. The normalized spacial score (nSPS) is 26.0. The fraction of sp³-hybridized carbons (Fsp3) is 0.172. The highest BCUT2D eigenvalue weighted by Crippen LogP contribution is 2.81. The molecule has 0 aliphatic carbocycles. The first-order valence-electron chi connectivity index (χ1n) is 11.2. The lowest BCUT2D eigenvalue weighted by molar-refractivity contribution is 0.121. The Morgan fingerprint density at radius 1 is 0.719 bits per heavy atom. The summed E-state index contributed by atoms with van der Waals surface area (Å²) in [4.78, 5) is 0. The van der Waals surface area contributed by atoms with Gasteiger partial charge in [-0.25, -0.2) is 0 Å². The molecular weight excluding hydrogens is 411 g/mol. The molecule has 4 aromatic carbocycles. The van der Waals surface area contributed by atoms with Gasteiger partial charge in [0, 0.05) is 11.0 Å². The second-order valence-electron chi connectivity index (χ2n) is 8.56. The van der Waals surface area contributed by atoms with E-state index >= 15 is 4.57 Å². The van der Waals surface area contributed by atoms with Crippen LogP contribution in [0.2, 0.25) is 0 Å². The Labute approximate surface area is 190 Å². The molecule has 2 nitrogen and oxygen atoms in total. The van der Waals surface area contributed by atoms with Gasteiger partial charge in [-0.05, 0) is 29.5 Å². The Morgan fingerprint density at radius 3 is 1.81 bits per heavy atom. The van der Waals surface area contributed by atoms with E-state index in [4.69, 9.17) is 0 Å². The van der Waals surface area contributed by atoms with Crippen LogP contribution >= 0.6 is 7.14 Å². The summed E-state index contributed by atoms with van der Waals surface area (Å²) in [5.74, 6) is 0. The molecule has 0 unspecified atom stereocenters. The summed E-state index contributed by atoms with van der Waals surface area (Å²) in [5.41, 5.74) is 2.69. The van der Waals surface area contributed by atoms with Crippen LogP contribution in [0.25, 0.3) is 0 Å². The van der Waals surface area contributed by atoms with Crippen LogP contribution in [0.3, 0.4) is 0 Å². The van der Waals surface area contributed by atoms with E-state index < -0.39 is 18.4 Å². The van der Waals surface area contributed by atoms with Gasteiger partial charge in [0.1, 0.15) is 7.14 Å². The topological polar surface area (TPSA) is 37.3 Å². The van der Waals surface area contributed by atoms with Gasteiger partial charge in [-0.1, -0.05) is 121 Å². The highest BCUT2D eigenvalue weighted by atomic mass is 31.2. The minimum Gasteiger partial charge on any atom is -0.387 e. The van der Waals surface area contributed by atoms with Crippen LogP contribution in [0.15, 0.2) is 121 Å². The Kier molecular flexibility index (Phi) is 5.59. The van der Waals surface area contributed by atoms with E-state index in [9.17, 15) is 5.11 Å². The molecule has 0 saturated carbocycles. The van der Waals surface area contributed by atoms with Crippen molar-refractivity contribution in [1.82, 2.24) is 0 Å². The molecule has 32 heavy (non-hydrogen) atoms. The van der Waals surface area contributed by atoms with Crippen molar-refractivity contribution in [2.24, 2.45) is 0 Å². The van der Waals surface area contributed by atoms with E-state index in [2.05, 4.69) is 12.1 Å². The molecule has 3 heteroatoms. The fourth-order valence-corrected chi connectivity index (χ4v) is 10.1. The number of benzene rings is 4. The largest absolute Gasteiger partial charge is 0.387 e. The van der Waals surface area contributed by atoms with E-state index in [-0.39, 0.29) is 5.66 Å². The first-order chi connectivity index (χ1) is 15.7. The summed E-state index contributed by atoms with van der Waals surface area (Å²) < 4.78 is 15.7. The van der Waals surface area contributed by atoms with Crippen molar-refractivity contribution in [2.75, 3.05) is 0 Å². The van der Waals surface area contributed by atoms with Crippen LogP contribution < -0.4 is 5.30 Å². The molecule has 1 saturated heterocycles. The van der Waals surface area contributed by atoms with Crippen LogP contribution in [0.5, 0.6) is 0 Å². The van der Waals surface area contributed by atoms with E-state index in [1.165, 1.54) is 0 Å². The van der Waals surface area contributed by atoms with Crippen LogP contribution in [0.1, 0.15) is 41.3 Å². The molecule has 160 valence electrons. The Morgan fingerprint density at radius 2 is 1.22 bits per heavy atom. The van der Waals surface area contributed by atoms with Gasteiger partial charge in [0.25, 0.3) is 0 Å². The fourth-order valence-electron chi connectivity index (χ4n) is 5.54. The lowest BCUT2D eigenvalue weighted by Gasteiger charge is -2.42. The second kappa shape index (κ2) is 8.54. The molecule has 5 rings (SSSR count). The minimum absolute atomic E-state index is 0.148. The van der Waals surface area contributed by atoms with Crippen molar-refractivity contribution in [3.8, 4) is 0 Å². The molecule has 4 aromatic rings.